The first kappa shape index (κ1) is 16.4. The Morgan fingerprint density at radius 2 is 1.53 bits per heavy atom. The molecule has 92 valence electrons. The summed E-state index contributed by atoms with van der Waals surface area (Å²) in [5, 5.41) is 9.20. The molecule has 0 saturated heterocycles. The van der Waals surface area contributed by atoms with Crippen molar-refractivity contribution >= 4 is 20.2 Å². The van der Waals surface area contributed by atoms with Crippen LogP contribution in [0.3, 0.4) is 0 Å². The van der Waals surface area contributed by atoms with Crippen molar-refractivity contribution in [1.82, 2.24) is 0 Å². The Labute approximate surface area is 112 Å². The summed E-state index contributed by atoms with van der Waals surface area (Å²) < 4.78 is 61.2. The Morgan fingerprint density at radius 1 is 1.06 bits per heavy atom. The molecule has 0 bridgehead atoms. The van der Waals surface area contributed by atoms with E-state index < -0.39 is 35.8 Å². The van der Waals surface area contributed by atoms with Crippen LogP contribution in [0.4, 0.5) is 0 Å². The molecule has 0 fully saturated rings. The van der Waals surface area contributed by atoms with Crippen molar-refractivity contribution in [3.63, 3.8) is 0 Å². The molecule has 0 spiro atoms. The van der Waals surface area contributed by atoms with Crippen molar-refractivity contribution in [3.8, 4) is 5.75 Å². The first-order chi connectivity index (χ1) is 7.05. The summed E-state index contributed by atoms with van der Waals surface area (Å²) in [6.07, 6.45) is 0. The van der Waals surface area contributed by atoms with Gasteiger partial charge in [0.15, 0.2) is 0 Å². The van der Waals surface area contributed by atoms with Crippen molar-refractivity contribution < 1.29 is 51.3 Å². The molecule has 0 radical (unpaired) electrons. The number of phenolic OH excluding ortho intramolecular Hbond substituents is 1. The van der Waals surface area contributed by atoms with Crippen LogP contribution >= 0.6 is 0 Å². The Hall–Kier alpha value is -0.563. The quantitative estimate of drug-likeness (QED) is 0.396. The topological polar surface area (TPSA) is 129 Å². The summed E-state index contributed by atoms with van der Waals surface area (Å²) in [6, 6.07) is 1.58. The molecule has 0 atom stereocenters. The molecule has 1 aromatic rings. The molecule has 0 aromatic heterocycles. The second kappa shape index (κ2) is 4.97. The molecule has 10 heteroatoms. The first-order valence-electron chi connectivity index (χ1n) is 3.82. The van der Waals surface area contributed by atoms with Gasteiger partial charge in [0.05, 0.1) is 0 Å². The van der Waals surface area contributed by atoms with Gasteiger partial charge < -0.3 is 6.53 Å². The van der Waals surface area contributed by atoms with Crippen molar-refractivity contribution in [2.24, 2.45) is 0 Å². The third-order valence-corrected chi connectivity index (χ3v) is 3.94. The summed E-state index contributed by atoms with van der Waals surface area (Å²) >= 11 is 0. The van der Waals surface area contributed by atoms with Crippen LogP contribution in [0, 0.1) is 6.92 Å². The summed E-state index contributed by atoms with van der Waals surface area (Å²) in [4.78, 5) is -2.01. The summed E-state index contributed by atoms with van der Waals surface area (Å²) in [5.41, 5.74) is -0.363. The van der Waals surface area contributed by atoms with Gasteiger partial charge in [0.1, 0.15) is 15.5 Å². The van der Waals surface area contributed by atoms with Crippen LogP contribution in [-0.2, 0) is 20.2 Å². The molecular weight excluding hydrogens is 267 g/mol. The van der Waals surface area contributed by atoms with Crippen molar-refractivity contribution in [3.05, 3.63) is 17.7 Å². The van der Waals surface area contributed by atoms with E-state index in [-0.39, 0.29) is 25.9 Å². The smallest absolute Gasteiger partial charge is 1.00 e. The Bertz CT molecular complexity index is 638. The number of rotatable bonds is 2. The summed E-state index contributed by atoms with van der Waals surface area (Å²) in [5.74, 6) is -0.514. The third-order valence-electron chi connectivity index (χ3n) is 1.88. The minimum absolute atomic E-state index is 0. The molecule has 3 N–H and O–H groups in total. The van der Waals surface area contributed by atoms with E-state index in [9.17, 15) is 21.9 Å². The molecule has 1 aromatic carbocycles. The SMILES string of the molecule is Cc1c(O)ccc(S(=O)(=O)O)c1S(=O)(=O)O.[H-].[Li+]. The van der Waals surface area contributed by atoms with E-state index in [2.05, 4.69) is 0 Å². The fourth-order valence-electron chi connectivity index (χ4n) is 1.18. The Balaban J connectivity index is 0. The van der Waals surface area contributed by atoms with E-state index in [1.54, 1.807) is 0 Å². The minimum atomic E-state index is -4.87. The van der Waals surface area contributed by atoms with Gasteiger partial charge in [-0.25, -0.2) is 0 Å². The van der Waals surface area contributed by atoms with Gasteiger partial charge in [-0.1, -0.05) is 0 Å². The zero-order chi connectivity index (χ0) is 12.7. The van der Waals surface area contributed by atoms with E-state index >= 15 is 0 Å². The van der Waals surface area contributed by atoms with Gasteiger partial charge in [0.2, 0.25) is 0 Å². The van der Waals surface area contributed by atoms with E-state index in [0.717, 1.165) is 13.0 Å². The molecule has 0 aliphatic heterocycles. The molecule has 0 saturated carbocycles. The molecule has 17 heavy (non-hydrogen) atoms. The van der Waals surface area contributed by atoms with Crippen LogP contribution < -0.4 is 18.9 Å². The predicted molar refractivity (Wildman–Crippen MR) is 53.6 cm³/mol. The molecule has 0 amide bonds. The molecule has 7 nitrogen and oxygen atoms in total. The maximum atomic E-state index is 10.9. The fourth-order valence-corrected chi connectivity index (χ4v) is 3.25. The molecule has 0 aliphatic rings. The summed E-state index contributed by atoms with van der Waals surface area (Å²) in [6.45, 7) is 1.09. The standard InChI is InChI=1S/C7H8O7S2.Li.H/c1-4-5(8)2-3-6(15(9,10)11)7(4)16(12,13)14;;/h2-3,8H,1H3,(H,9,10,11)(H,12,13,14);;/q;+1;-1. The van der Waals surface area contributed by atoms with Crippen LogP contribution in [0.2, 0.25) is 0 Å². The Kier molecular flexibility index (Phi) is 4.81. The van der Waals surface area contributed by atoms with E-state index in [1.165, 1.54) is 0 Å². The number of aromatic hydroxyl groups is 1. The monoisotopic (exact) mass is 276 g/mol. The first-order valence-corrected chi connectivity index (χ1v) is 6.70. The molecule has 1 rings (SSSR count). The van der Waals surface area contributed by atoms with Gasteiger partial charge in [-0.15, -0.1) is 0 Å². The number of phenols is 1. The van der Waals surface area contributed by atoms with Gasteiger partial charge in [-0.05, 0) is 19.1 Å². The molecule has 0 aliphatic carbocycles. The van der Waals surface area contributed by atoms with Gasteiger partial charge in [0, 0.05) is 5.56 Å². The molecular formula is C7H9LiO7S2. The van der Waals surface area contributed by atoms with Crippen LogP contribution in [-0.4, -0.2) is 31.0 Å². The number of hydrogen-bond acceptors (Lipinski definition) is 5. The second-order valence-corrected chi connectivity index (χ2v) is 5.74. The zero-order valence-corrected chi connectivity index (χ0v) is 10.6. The van der Waals surface area contributed by atoms with Gasteiger partial charge in [-0.3, -0.25) is 9.11 Å². The average molecular weight is 276 g/mol. The van der Waals surface area contributed by atoms with E-state index in [1.807, 2.05) is 0 Å². The second-order valence-electron chi connectivity index (χ2n) is 2.99. The van der Waals surface area contributed by atoms with Gasteiger partial charge >= 0.3 is 18.9 Å². The van der Waals surface area contributed by atoms with Crippen molar-refractivity contribution in [2.75, 3.05) is 0 Å². The minimum Gasteiger partial charge on any atom is -1.00 e. The van der Waals surface area contributed by atoms with E-state index in [4.69, 9.17) is 9.11 Å². The largest absolute Gasteiger partial charge is 1.00 e. The number of benzene rings is 1. The van der Waals surface area contributed by atoms with Crippen molar-refractivity contribution in [1.29, 1.82) is 0 Å². The van der Waals surface area contributed by atoms with Crippen LogP contribution in [0.25, 0.3) is 0 Å². The maximum absolute atomic E-state index is 10.9. The van der Waals surface area contributed by atoms with Crippen molar-refractivity contribution in [2.45, 2.75) is 16.7 Å². The van der Waals surface area contributed by atoms with Gasteiger partial charge in [-0.2, -0.15) is 16.8 Å². The zero-order valence-electron chi connectivity index (χ0n) is 9.95. The summed E-state index contributed by atoms with van der Waals surface area (Å²) in [7, 11) is -9.68. The third kappa shape index (κ3) is 3.45. The van der Waals surface area contributed by atoms with Crippen LogP contribution in [0.1, 0.15) is 6.99 Å². The normalized spacial score (nSPS) is 11.9. The predicted octanol–water partition coefficient (Wildman–Crippen LogP) is -2.69. The Morgan fingerprint density at radius 3 is 1.88 bits per heavy atom. The average Bonchev–Trinajstić information content (AvgIpc) is 2.05. The van der Waals surface area contributed by atoms with E-state index in [0.29, 0.717) is 6.07 Å². The van der Waals surface area contributed by atoms with Crippen LogP contribution in [0.5, 0.6) is 5.75 Å². The van der Waals surface area contributed by atoms with Gasteiger partial charge in [0.25, 0.3) is 20.2 Å². The maximum Gasteiger partial charge on any atom is 1.00 e. The molecule has 0 heterocycles. The molecule has 0 unspecified atom stereocenters. The van der Waals surface area contributed by atoms with Crippen LogP contribution in [0.15, 0.2) is 21.9 Å². The number of hydrogen-bond donors (Lipinski definition) is 3. The fraction of sp³-hybridized carbons (Fsp3) is 0.143.